The van der Waals surface area contributed by atoms with Crippen molar-refractivity contribution in [2.24, 2.45) is 0 Å². The van der Waals surface area contributed by atoms with E-state index in [4.69, 9.17) is 37.4 Å². The molecule has 6 nitrogen and oxygen atoms in total. The number of carbonyl (C=O) groups excluding carboxylic acids is 1. The Morgan fingerprint density at radius 1 is 1.13 bits per heavy atom. The smallest absolute Gasteiger partial charge is 0.253 e. The SMILES string of the molecule is COc1cccc(COC(C)C(=O)Nc2ccccc2Oc2ncc(Cl)cc2Cl)c1. The summed E-state index contributed by atoms with van der Waals surface area (Å²) < 4.78 is 16.6. The van der Waals surface area contributed by atoms with Gasteiger partial charge in [-0.15, -0.1) is 0 Å². The maximum absolute atomic E-state index is 12.6. The van der Waals surface area contributed by atoms with Crippen LogP contribution in [0.25, 0.3) is 0 Å². The monoisotopic (exact) mass is 446 g/mol. The highest BCUT2D eigenvalue weighted by Crippen LogP contribution is 2.33. The molecule has 3 rings (SSSR count). The molecular formula is C22H20Cl2N2O4. The highest BCUT2D eigenvalue weighted by Gasteiger charge is 2.17. The number of benzene rings is 2. The molecule has 3 aromatic rings. The van der Waals surface area contributed by atoms with Gasteiger partial charge in [-0.1, -0.05) is 47.5 Å². The van der Waals surface area contributed by atoms with Gasteiger partial charge in [0.2, 0.25) is 5.88 Å². The maximum atomic E-state index is 12.6. The van der Waals surface area contributed by atoms with Crippen LogP contribution in [0.5, 0.6) is 17.4 Å². The summed E-state index contributed by atoms with van der Waals surface area (Å²) in [5.74, 6) is 0.991. The van der Waals surface area contributed by atoms with Crippen LogP contribution in [0.3, 0.4) is 0 Å². The summed E-state index contributed by atoms with van der Waals surface area (Å²) >= 11 is 12.0. The van der Waals surface area contributed by atoms with Gasteiger partial charge in [0.15, 0.2) is 5.75 Å². The van der Waals surface area contributed by atoms with Crippen molar-refractivity contribution >= 4 is 34.8 Å². The van der Waals surface area contributed by atoms with Crippen LogP contribution in [0.15, 0.2) is 60.8 Å². The highest BCUT2D eigenvalue weighted by atomic mass is 35.5. The molecule has 0 fully saturated rings. The van der Waals surface area contributed by atoms with Gasteiger partial charge in [-0.05, 0) is 42.8 Å². The molecule has 2 aromatic carbocycles. The minimum absolute atomic E-state index is 0.185. The maximum Gasteiger partial charge on any atom is 0.253 e. The third kappa shape index (κ3) is 5.86. The van der Waals surface area contributed by atoms with E-state index in [0.717, 1.165) is 11.3 Å². The van der Waals surface area contributed by atoms with Gasteiger partial charge < -0.3 is 19.5 Å². The fraction of sp³-hybridized carbons (Fsp3) is 0.182. The molecular weight excluding hydrogens is 427 g/mol. The highest BCUT2D eigenvalue weighted by molar-refractivity contribution is 6.35. The standard InChI is InChI=1S/C22H20Cl2N2O4/c1-14(29-13-15-6-5-7-17(10-15)28-2)21(27)26-19-8-3-4-9-20(19)30-22-18(24)11-16(23)12-25-22/h3-12,14H,13H2,1-2H3,(H,26,27). The number of aromatic nitrogens is 1. The predicted molar refractivity (Wildman–Crippen MR) is 117 cm³/mol. The minimum atomic E-state index is -0.693. The fourth-order valence-corrected chi connectivity index (χ4v) is 2.95. The number of carbonyl (C=O) groups is 1. The molecule has 1 N–H and O–H groups in total. The van der Waals surface area contributed by atoms with Crippen LogP contribution in [0.1, 0.15) is 12.5 Å². The summed E-state index contributed by atoms with van der Waals surface area (Å²) in [5.41, 5.74) is 1.37. The molecule has 0 aliphatic carbocycles. The van der Waals surface area contributed by atoms with Gasteiger partial charge in [0.25, 0.3) is 5.91 Å². The van der Waals surface area contributed by atoms with Crippen molar-refractivity contribution < 1.29 is 19.0 Å². The molecule has 1 heterocycles. The average molecular weight is 447 g/mol. The van der Waals surface area contributed by atoms with Gasteiger partial charge in [-0.2, -0.15) is 0 Å². The molecule has 0 bridgehead atoms. The summed E-state index contributed by atoms with van der Waals surface area (Å²) in [6.07, 6.45) is 0.736. The van der Waals surface area contributed by atoms with Crippen molar-refractivity contribution in [1.29, 1.82) is 0 Å². The number of pyridine rings is 1. The van der Waals surface area contributed by atoms with Crippen LogP contribution >= 0.6 is 23.2 Å². The zero-order valence-electron chi connectivity index (χ0n) is 16.4. The van der Waals surface area contributed by atoms with Gasteiger partial charge in [0.05, 0.1) is 24.4 Å². The lowest BCUT2D eigenvalue weighted by Crippen LogP contribution is -2.27. The predicted octanol–water partition coefficient (Wildman–Crippen LogP) is 5.73. The average Bonchev–Trinajstić information content (AvgIpc) is 2.75. The molecule has 8 heteroatoms. The van der Waals surface area contributed by atoms with Crippen molar-refractivity contribution in [2.75, 3.05) is 12.4 Å². The van der Waals surface area contributed by atoms with Gasteiger partial charge in [0, 0.05) is 6.20 Å². The largest absolute Gasteiger partial charge is 0.497 e. The van der Waals surface area contributed by atoms with E-state index >= 15 is 0 Å². The number of hydrogen-bond donors (Lipinski definition) is 1. The van der Waals surface area contributed by atoms with E-state index in [2.05, 4.69) is 10.3 Å². The molecule has 1 atom stereocenters. The number of anilines is 1. The second-order valence-corrected chi connectivity index (χ2v) is 7.18. The molecule has 156 valence electrons. The number of ether oxygens (including phenoxy) is 3. The normalized spacial score (nSPS) is 11.6. The van der Waals surface area contributed by atoms with Crippen molar-refractivity contribution in [2.45, 2.75) is 19.6 Å². The van der Waals surface area contributed by atoms with Crippen LogP contribution in [-0.2, 0) is 16.1 Å². The third-order valence-electron chi connectivity index (χ3n) is 4.13. The first-order valence-corrected chi connectivity index (χ1v) is 9.85. The van der Waals surface area contributed by atoms with E-state index in [1.54, 1.807) is 38.3 Å². The molecule has 0 saturated carbocycles. The zero-order chi connectivity index (χ0) is 21.5. The molecule has 0 saturated heterocycles. The van der Waals surface area contributed by atoms with Gasteiger partial charge >= 0.3 is 0 Å². The van der Waals surface area contributed by atoms with Crippen molar-refractivity contribution in [3.05, 3.63) is 76.4 Å². The Bertz CT molecular complexity index is 1030. The first kappa shape index (κ1) is 21.9. The zero-order valence-corrected chi connectivity index (χ0v) is 17.9. The number of amides is 1. The number of halogens is 2. The van der Waals surface area contributed by atoms with E-state index in [9.17, 15) is 4.79 Å². The Balaban J connectivity index is 1.64. The molecule has 1 unspecified atom stereocenters. The van der Waals surface area contributed by atoms with Gasteiger partial charge in [-0.3, -0.25) is 4.79 Å². The summed E-state index contributed by atoms with van der Waals surface area (Å²) in [4.78, 5) is 16.7. The number of methoxy groups -OCH3 is 1. The first-order chi connectivity index (χ1) is 14.5. The van der Waals surface area contributed by atoms with Crippen molar-refractivity contribution in [3.8, 4) is 17.4 Å². The molecule has 30 heavy (non-hydrogen) atoms. The number of nitrogens with one attached hydrogen (secondary N) is 1. The summed E-state index contributed by atoms with van der Waals surface area (Å²) in [6, 6.07) is 16.0. The van der Waals surface area contributed by atoms with E-state index in [1.807, 2.05) is 24.3 Å². The van der Waals surface area contributed by atoms with Gasteiger partial charge in [0.1, 0.15) is 16.9 Å². The lowest BCUT2D eigenvalue weighted by molar-refractivity contribution is -0.127. The van der Waals surface area contributed by atoms with Crippen LogP contribution in [-0.4, -0.2) is 24.1 Å². The summed E-state index contributed by atoms with van der Waals surface area (Å²) in [6.45, 7) is 1.95. The number of nitrogens with zero attached hydrogens (tertiary/aromatic N) is 1. The van der Waals surface area contributed by atoms with Crippen LogP contribution < -0.4 is 14.8 Å². The Morgan fingerprint density at radius 2 is 1.93 bits per heavy atom. The minimum Gasteiger partial charge on any atom is -0.497 e. The third-order valence-corrected chi connectivity index (χ3v) is 4.61. The molecule has 0 spiro atoms. The van der Waals surface area contributed by atoms with E-state index < -0.39 is 6.10 Å². The van der Waals surface area contributed by atoms with Crippen LogP contribution in [0, 0.1) is 0 Å². The second kappa shape index (κ2) is 10.3. The lowest BCUT2D eigenvalue weighted by Gasteiger charge is -2.16. The van der Waals surface area contributed by atoms with Crippen molar-refractivity contribution in [3.63, 3.8) is 0 Å². The molecule has 0 aliphatic heterocycles. The molecule has 0 aliphatic rings. The Hall–Kier alpha value is -2.80. The number of hydrogen-bond acceptors (Lipinski definition) is 5. The van der Waals surface area contributed by atoms with E-state index in [0.29, 0.717) is 16.5 Å². The molecule has 1 amide bonds. The summed E-state index contributed by atoms with van der Waals surface area (Å²) in [7, 11) is 1.60. The Morgan fingerprint density at radius 3 is 2.70 bits per heavy atom. The second-order valence-electron chi connectivity index (χ2n) is 6.33. The topological polar surface area (TPSA) is 69.7 Å². The molecule has 0 radical (unpaired) electrons. The molecule has 1 aromatic heterocycles. The lowest BCUT2D eigenvalue weighted by atomic mass is 10.2. The van der Waals surface area contributed by atoms with Gasteiger partial charge in [-0.25, -0.2) is 4.98 Å². The number of para-hydroxylation sites is 2. The van der Waals surface area contributed by atoms with E-state index in [1.165, 1.54) is 12.3 Å². The van der Waals surface area contributed by atoms with Crippen LogP contribution in [0.2, 0.25) is 10.0 Å². The fourth-order valence-electron chi connectivity index (χ4n) is 2.53. The Labute approximate surface area is 184 Å². The first-order valence-electron chi connectivity index (χ1n) is 9.09. The quantitative estimate of drug-likeness (QED) is 0.478. The van der Waals surface area contributed by atoms with E-state index in [-0.39, 0.29) is 23.4 Å². The van der Waals surface area contributed by atoms with Crippen molar-refractivity contribution in [1.82, 2.24) is 4.98 Å². The van der Waals surface area contributed by atoms with Crippen LogP contribution in [0.4, 0.5) is 5.69 Å². The summed E-state index contributed by atoms with van der Waals surface area (Å²) in [5, 5.41) is 3.47. The Kier molecular flexibility index (Phi) is 7.52. The number of rotatable bonds is 8.